The molecule has 1 unspecified atom stereocenters. The third kappa shape index (κ3) is 3.96. The van der Waals surface area contributed by atoms with Crippen LogP contribution in [0.5, 0.6) is 0 Å². The van der Waals surface area contributed by atoms with E-state index in [0.29, 0.717) is 6.04 Å². The number of rotatable bonds is 4. The predicted molar refractivity (Wildman–Crippen MR) is 88.1 cm³/mol. The van der Waals surface area contributed by atoms with Gasteiger partial charge in [0.1, 0.15) is 0 Å². The molecule has 2 rings (SSSR count). The second-order valence-corrected chi connectivity index (χ2v) is 6.97. The molecule has 1 aliphatic heterocycles. The second kappa shape index (κ2) is 6.92. The molecule has 1 saturated heterocycles. The number of anilines is 1. The Hall–Kier alpha value is -0.580. The van der Waals surface area contributed by atoms with Crippen molar-refractivity contribution in [2.45, 2.75) is 44.7 Å². The lowest BCUT2D eigenvalue weighted by Crippen LogP contribution is -2.43. The highest BCUT2D eigenvalue weighted by atomic mass is 79.9. The first-order chi connectivity index (χ1) is 9.54. The van der Waals surface area contributed by atoms with Gasteiger partial charge in [-0.3, -0.25) is 0 Å². The van der Waals surface area contributed by atoms with Crippen molar-refractivity contribution in [2.24, 2.45) is 0 Å². The van der Waals surface area contributed by atoms with Crippen molar-refractivity contribution in [1.29, 1.82) is 0 Å². The summed E-state index contributed by atoms with van der Waals surface area (Å²) < 4.78 is 1.06. The number of halogens is 1. The Morgan fingerprint density at radius 1 is 1.35 bits per heavy atom. The van der Waals surface area contributed by atoms with Gasteiger partial charge in [-0.05, 0) is 57.9 Å². The normalized spacial score (nSPS) is 24.6. The minimum absolute atomic E-state index is 0.186. The van der Waals surface area contributed by atoms with Crippen LogP contribution in [0.15, 0.2) is 28.7 Å². The number of benzene rings is 1. The van der Waals surface area contributed by atoms with Crippen LogP contribution in [0.4, 0.5) is 5.69 Å². The maximum atomic E-state index is 9.93. The van der Waals surface area contributed by atoms with E-state index >= 15 is 0 Å². The van der Waals surface area contributed by atoms with Gasteiger partial charge in [-0.25, -0.2) is 0 Å². The van der Waals surface area contributed by atoms with Crippen LogP contribution in [0.1, 0.15) is 33.1 Å². The second-order valence-electron chi connectivity index (χ2n) is 6.06. The molecule has 1 aromatic carbocycles. The summed E-state index contributed by atoms with van der Waals surface area (Å²) in [5.74, 6) is 0. The SMILES string of the molecule is CC(C)N1CCCC(CO)(Nc2cccc(Br)c2)CC1. The zero-order valence-electron chi connectivity index (χ0n) is 12.4. The number of aliphatic hydroxyl groups is 1. The number of hydrogen-bond acceptors (Lipinski definition) is 3. The highest BCUT2D eigenvalue weighted by molar-refractivity contribution is 9.10. The Morgan fingerprint density at radius 2 is 2.15 bits per heavy atom. The molecule has 0 aliphatic carbocycles. The Bertz CT molecular complexity index is 438. The van der Waals surface area contributed by atoms with Gasteiger partial charge in [0.15, 0.2) is 0 Å². The Labute approximate surface area is 130 Å². The van der Waals surface area contributed by atoms with Crippen LogP contribution in [0, 0.1) is 0 Å². The van der Waals surface area contributed by atoms with E-state index in [0.717, 1.165) is 42.5 Å². The van der Waals surface area contributed by atoms with E-state index in [9.17, 15) is 5.11 Å². The first-order valence-corrected chi connectivity index (χ1v) is 8.23. The van der Waals surface area contributed by atoms with Gasteiger partial charge in [0.05, 0.1) is 12.1 Å². The number of nitrogens with one attached hydrogen (secondary N) is 1. The van der Waals surface area contributed by atoms with Crippen molar-refractivity contribution >= 4 is 21.6 Å². The molecule has 4 heteroatoms. The molecule has 1 fully saturated rings. The molecule has 0 spiro atoms. The standard InChI is InChI=1S/C16H25BrN2O/c1-13(2)19-9-4-7-16(12-20,8-10-19)18-15-6-3-5-14(17)11-15/h3,5-6,11,13,18,20H,4,7-10,12H2,1-2H3. The minimum Gasteiger partial charge on any atom is -0.394 e. The van der Waals surface area contributed by atoms with E-state index in [4.69, 9.17) is 0 Å². The summed E-state index contributed by atoms with van der Waals surface area (Å²) in [6.07, 6.45) is 3.12. The first-order valence-electron chi connectivity index (χ1n) is 7.43. The molecular weight excluding hydrogens is 316 g/mol. The monoisotopic (exact) mass is 340 g/mol. The average Bonchev–Trinajstić information content (AvgIpc) is 2.62. The lowest BCUT2D eigenvalue weighted by atomic mass is 9.91. The molecule has 20 heavy (non-hydrogen) atoms. The molecule has 0 saturated carbocycles. The smallest absolute Gasteiger partial charge is 0.0662 e. The van der Waals surface area contributed by atoms with Gasteiger partial charge in [-0.1, -0.05) is 22.0 Å². The van der Waals surface area contributed by atoms with Gasteiger partial charge >= 0.3 is 0 Å². The van der Waals surface area contributed by atoms with Crippen LogP contribution >= 0.6 is 15.9 Å². The third-order valence-electron chi connectivity index (χ3n) is 4.25. The molecule has 1 aliphatic rings. The van der Waals surface area contributed by atoms with E-state index < -0.39 is 0 Å². The highest BCUT2D eigenvalue weighted by Gasteiger charge is 2.32. The van der Waals surface area contributed by atoms with Crippen molar-refractivity contribution < 1.29 is 5.11 Å². The highest BCUT2D eigenvalue weighted by Crippen LogP contribution is 2.28. The molecule has 2 N–H and O–H groups in total. The van der Waals surface area contributed by atoms with Crippen molar-refractivity contribution in [3.63, 3.8) is 0 Å². The van der Waals surface area contributed by atoms with Gasteiger partial charge in [0.2, 0.25) is 0 Å². The zero-order chi connectivity index (χ0) is 14.6. The third-order valence-corrected chi connectivity index (χ3v) is 4.74. The molecular formula is C16H25BrN2O. The maximum Gasteiger partial charge on any atom is 0.0662 e. The molecule has 3 nitrogen and oxygen atoms in total. The van der Waals surface area contributed by atoms with E-state index in [1.807, 2.05) is 12.1 Å². The van der Waals surface area contributed by atoms with Crippen LogP contribution < -0.4 is 5.32 Å². The molecule has 0 bridgehead atoms. The fourth-order valence-corrected chi connectivity index (χ4v) is 3.33. The number of nitrogens with zero attached hydrogens (tertiary/aromatic N) is 1. The van der Waals surface area contributed by atoms with E-state index in [2.05, 4.69) is 52.1 Å². The Morgan fingerprint density at radius 3 is 2.80 bits per heavy atom. The van der Waals surface area contributed by atoms with Crippen LogP contribution in [-0.2, 0) is 0 Å². The lowest BCUT2D eigenvalue weighted by Gasteiger charge is -2.33. The topological polar surface area (TPSA) is 35.5 Å². The summed E-state index contributed by atoms with van der Waals surface area (Å²) >= 11 is 3.50. The van der Waals surface area contributed by atoms with Gasteiger partial charge in [-0.15, -0.1) is 0 Å². The van der Waals surface area contributed by atoms with E-state index in [-0.39, 0.29) is 12.1 Å². The van der Waals surface area contributed by atoms with Crippen molar-refractivity contribution in [3.8, 4) is 0 Å². The van der Waals surface area contributed by atoms with E-state index in [1.54, 1.807) is 0 Å². The zero-order valence-corrected chi connectivity index (χ0v) is 14.0. The number of aliphatic hydroxyl groups excluding tert-OH is 1. The lowest BCUT2D eigenvalue weighted by molar-refractivity contribution is 0.186. The summed E-state index contributed by atoms with van der Waals surface area (Å²) in [6.45, 7) is 6.84. The molecule has 0 amide bonds. The van der Waals surface area contributed by atoms with Crippen molar-refractivity contribution in [3.05, 3.63) is 28.7 Å². The molecule has 112 valence electrons. The van der Waals surface area contributed by atoms with Gasteiger partial charge < -0.3 is 15.3 Å². The minimum atomic E-state index is -0.190. The Kier molecular flexibility index (Phi) is 5.47. The molecule has 1 atom stereocenters. The molecule has 0 radical (unpaired) electrons. The Balaban J connectivity index is 2.09. The van der Waals surface area contributed by atoms with Crippen LogP contribution in [0.2, 0.25) is 0 Å². The largest absolute Gasteiger partial charge is 0.394 e. The van der Waals surface area contributed by atoms with E-state index in [1.165, 1.54) is 0 Å². The summed E-state index contributed by atoms with van der Waals surface area (Å²) in [6, 6.07) is 8.75. The predicted octanol–water partition coefficient (Wildman–Crippen LogP) is 3.49. The van der Waals surface area contributed by atoms with Crippen LogP contribution in [0.25, 0.3) is 0 Å². The molecule has 1 heterocycles. The van der Waals surface area contributed by atoms with Gasteiger partial charge in [0, 0.05) is 22.7 Å². The maximum absolute atomic E-state index is 9.93. The summed E-state index contributed by atoms with van der Waals surface area (Å²) in [5, 5.41) is 13.5. The average molecular weight is 341 g/mol. The van der Waals surface area contributed by atoms with Crippen LogP contribution in [-0.4, -0.2) is 41.3 Å². The van der Waals surface area contributed by atoms with Gasteiger partial charge in [-0.2, -0.15) is 0 Å². The summed E-state index contributed by atoms with van der Waals surface area (Å²) in [7, 11) is 0. The molecule has 1 aromatic rings. The first kappa shape index (κ1) is 15.8. The van der Waals surface area contributed by atoms with Gasteiger partial charge in [0.25, 0.3) is 0 Å². The number of hydrogen-bond donors (Lipinski definition) is 2. The van der Waals surface area contributed by atoms with Crippen LogP contribution in [0.3, 0.4) is 0 Å². The fourth-order valence-electron chi connectivity index (χ4n) is 2.93. The summed E-state index contributed by atoms with van der Waals surface area (Å²) in [5.41, 5.74) is 0.885. The summed E-state index contributed by atoms with van der Waals surface area (Å²) in [4.78, 5) is 2.50. The quantitative estimate of drug-likeness (QED) is 0.880. The number of likely N-dealkylation sites (tertiary alicyclic amines) is 1. The van der Waals surface area contributed by atoms with Crippen molar-refractivity contribution in [1.82, 2.24) is 4.90 Å². The van der Waals surface area contributed by atoms with Crippen molar-refractivity contribution in [2.75, 3.05) is 25.0 Å². The fraction of sp³-hybridized carbons (Fsp3) is 0.625. The molecule has 0 aromatic heterocycles.